The van der Waals surface area contributed by atoms with Crippen LogP contribution in [0.15, 0.2) is 29.8 Å². The first-order valence-corrected chi connectivity index (χ1v) is 13.4. The van der Waals surface area contributed by atoms with Gasteiger partial charge in [0.25, 0.3) is 0 Å². The minimum atomic E-state index is -1.24. The maximum Gasteiger partial charge on any atom is 0.310 e. The van der Waals surface area contributed by atoms with Gasteiger partial charge in [0.2, 0.25) is 5.91 Å². The summed E-state index contributed by atoms with van der Waals surface area (Å²) in [6, 6.07) is 7.27. The average molecular weight is 529 g/mol. The van der Waals surface area contributed by atoms with Gasteiger partial charge in [-0.15, -0.1) is 11.3 Å². The quantitative estimate of drug-likeness (QED) is 0.442. The molecular weight excluding hydrogens is 492 g/mol. The summed E-state index contributed by atoms with van der Waals surface area (Å²) in [5, 5.41) is 19.3. The molecule has 0 radical (unpaired) electrons. The highest BCUT2D eigenvalue weighted by atomic mass is 32.1. The highest BCUT2D eigenvalue weighted by molar-refractivity contribution is 7.13. The minimum Gasteiger partial charge on any atom is -0.481 e. The molecular formula is C28H36N2O6S. The van der Waals surface area contributed by atoms with Gasteiger partial charge in [-0.1, -0.05) is 52.0 Å². The third-order valence-electron chi connectivity index (χ3n) is 7.05. The Kier molecular flexibility index (Phi) is 9.02. The van der Waals surface area contributed by atoms with E-state index in [2.05, 4.69) is 4.98 Å². The number of aliphatic hydroxyl groups is 1. The third kappa shape index (κ3) is 7.11. The van der Waals surface area contributed by atoms with Crippen molar-refractivity contribution in [1.29, 1.82) is 0 Å². The fourth-order valence-electron chi connectivity index (χ4n) is 4.89. The Labute approximate surface area is 221 Å². The maximum atomic E-state index is 13.6. The molecule has 8 nitrogen and oxygen atoms in total. The SMILES string of the molecule is Cc1ncsc1-c1ccc([C@H](C)CC(=O)C2C[C@@H](O)CN2C(=O)[C@@H](CC(=O)CC(=O)O)C(C)(C)C)cc1. The number of hydrogen-bond donors (Lipinski definition) is 2. The molecule has 4 atom stereocenters. The van der Waals surface area contributed by atoms with Gasteiger partial charge in [-0.3, -0.25) is 19.2 Å². The van der Waals surface area contributed by atoms with Gasteiger partial charge in [0, 0.05) is 31.7 Å². The van der Waals surface area contributed by atoms with E-state index in [-0.39, 0.29) is 37.5 Å². The Morgan fingerprint density at radius 2 is 1.78 bits per heavy atom. The summed E-state index contributed by atoms with van der Waals surface area (Å²) in [6.45, 7) is 9.39. The number of aliphatic hydroxyl groups excluding tert-OH is 1. The predicted octanol–water partition coefficient (Wildman–Crippen LogP) is 4.24. The van der Waals surface area contributed by atoms with Crippen molar-refractivity contribution in [3.8, 4) is 10.4 Å². The fourth-order valence-corrected chi connectivity index (χ4v) is 5.70. The second kappa shape index (κ2) is 11.6. The number of Topliss-reactive ketones (excluding diaryl/α,β-unsaturated/α-hetero) is 2. The van der Waals surface area contributed by atoms with E-state index in [1.54, 1.807) is 11.3 Å². The number of aromatic nitrogens is 1. The van der Waals surface area contributed by atoms with Gasteiger partial charge in [-0.05, 0) is 29.4 Å². The molecule has 37 heavy (non-hydrogen) atoms. The number of carboxylic acid groups (broad SMARTS) is 1. The summed E-state index contributed by atoms with van der Waals surface area (Å²) in [6.07, 6.45) is -1.34. The molecule has 1 aromatic heterocycles. The van der Waals surface area contributed by atoms with Crippen molar-refractivity contribution in [3.05, 3.63) is 41.0 Å². The Bertz CT molecular complexity index is 1150. The Morgan fingerprint density at radius 3 is 2.32 bits per heavy atom. The van der Waals surface area contributed by atoms with Gasteiger partial charge in [-0.25, -0.2) is 4.98 Å². The second-order valence-corrected chi connectivity index (χ2v) is 11.9. The summed E-state index contributed by atoms with van der Waals surface area (Å²) in [4.78, 5) is 57.0. The normalized spacial score (nSPS) is 19.5. The first kappa shape index (κ1) is 28.7. The van der Waals surface area contributed by atoms with Crippen LogP contribution in [-0.4, -0.2) is 62.2 Å². The molecule has 0 saturated carbocycles. The van der Waals surface area contributed by atoms with E-state index in [4.69, 9.17) is 5.11 Å². The topological polar surface area (TPSA) is 125 Å². The first-order valence-electron chi connectivity index (χ1n) is 12.5. The van der Waals surface area contributed by atoms with Crippen molar-refractivity contribution in [2.45, 2.75) is 78.4 Å². The number of likely N-dealkylation sites (tertiary alicyclic amines) is 1. The lowest BCUT2D eigenvalue weighted by molar-refractivity contribution is -0.147. The van der Waals surface area contributed by atoms with Crippen LogP contribution >= 0.6 is 11.3 Å². The molecule has 1 aromatic carbocycles. The number of carbonyl (C=O) groups is 4. The summed E-state index contributed by atoms with van der Waals surface area (Å²) in [5.74, 6) is -3.18. The van der Waals surface area contributed by atoms with Crippen LogP contribution in [0.25, 0.3) is 10.4 Å². The number of benzene rings is 1. The van der Waals surface area contributed by atoms with Gasteiger partial charge in [0.05, 0.1) is 28.2 Å². The number of hydrogen-bond acceptors (Lipinski definition) is 7. The van der Waals surface area contributed by atoms with Gasteiger partial charge in [0.15, 0.2) is 5.78 Å². The van der Waals surface area contributed by atoms with E-state index >= 15 is 0 Å². The van der Waals surface area contributed by atoms with Crippen LogP contribution < -0.4 is 0 Å². The Hall–Kier alpha value is -2.91. The van der Waals surface area contributed by atoms with Crippen molar-refractivity contribution in [3.63, 3.8) is 0 Å². The average Bonchev–Trinajstić information content (AvgIpc) is 3.41. The number of ketones is 2. The van der Waals surface area contributed by atoms with Crippen LogP contribution in [0.4, 0.5) is 0 Å². The molecule has 0 bridgehead atoms. The Morgan fingerprint density at radius 1 is 1.14 bits per heavy atom. The molecule has 200 valence electrons. The summed E-state index contributed by atoms with van der Waals surface area (Å²) in [7, 11) is 0. The smallest absolute Gasteiger partial charge is 0.310 e. The summed E-state index contributed by atoms with van der Waals surface area (Å²) >= 11 is 1.58. The predicted molar refractivity (Wildman–Crippen MR) is 141 cm³/mol. The number of carbonyl (C=O) groups excluding carboxylic acids is 3. The molecule has 1 amide bonds. The van der Waals surface area contributed by atoms with Crippen LogP contribution in [0.5, 0.6) is 0 Å². The fraction of sp³-hybridized carbons (Fsp3) is 0.536. The summed E-state index contributed by atoms with van der Waals surface area (Å²) < 4.78 is 0. The zero-order valence-electron chi connectivity index (χ0n) is 22.1. The van der Waals surface area contributed by atoms with Gasteiger partial charge in [-0.2, -0.15) is 0 Å². The van der Waals surface area contributed by atoms with Gasteiger partial charge < -0.3 is 15.1 Å². The van der Waals surface area contributed by atoms with E-state index in [1.807, 2.05) is 64.4 Å². The van der Waals surface area contributed by atoms with Gasteiger partial charge >= 0.3 is 5.97 Å². The molecule has 3 rings (SSSR count). The third-order valence-corrected chi connectivity index (χ3v) is 8.03. The number of aliphatic carboxylic acids is 1. The van der Waals surface area contributed by atoms with E-state index < -0.39 is 47.6 Å². The zero-order chi connectivity index (χ0) is 27.5. The monoisotopic (exact) mass is 528 g/mol. The van der Waals surface area contributed by atoms with Crippen molar-refractivity contribution in [2.24, 2.45) is 11.3 Å². The standard InChI is InChI=1S/C28H36N2O6S/c1-16(18-6-8-19(9-7-18)26-17(2)29-15-37-26)10-24(33)23-12-21(32)14-30(23)27(36)22(28(3,4)5)11-20(31)13-25(34)35/h6-9,15-16,21-23,32H,10-14H2,1-5H3,(H,34,35)/t16-,21-,22-,23?/m1/s1. The van der Waals surface area contributed by atoms with Crippen molar-refractivity contribution >= 4 is 34.8 Å². The lowest BCUT2D eigenvalue weighted by atomic mass is 9.76. The van der Waals surface area contributed by atoms with Crippen LogP contribution in [0.3, 0.4) is 0 Å². The van der Waals surface area contributed by atoms with Crippen LogP contribution in [0, 0.1) is 18.3 Å². The highest BCUT2D eigenvalue weighted by Gasteiger charge is 2.44. The summed E-state index contributed by atoms with van der Waals surface area (Å²) in [5.41, 5.74) is 4.24. The number of nitrogens with zero attached hydrogens (tertiary/aromatic N) is 2. The molecule has 2 aromatic rings. The number of thiazole rings is 1. The van der Waals surface area contributed by atoms with Gasteiger partial charge in [0.1, 0.15) is 12.2 Å². The number of carboxylic acids is 1. The van der Waals surface area contributed by atoms with Crippen molar-refractivity contribution < 1.29 is 29.4 Å². The van der Waals surface area contributed by atoms with E-state index in [9.17, 15) is 24.3 Å². The zero-order valence-corrected chi connectivity index (χ0v) is 22.9. The van der Waals surface area contributed by atoms with E-state index in [0.29, 0.717) is 0 Å². The molecule has 1 aliphatic rings. The lowest BCUT2D eigenvalue weighted by Crippen LogP contribution is -2.47. The van der Waals surface area contributed by atoms with Crippen LogP contribution in [0.1, 0.15) is 70.6 Å². The van der Waals surface area contributed by atoms with Crippen molar-refractivity contribution in [2.75, 3.05) is 6.54 Å². The molecule has 2 N–H and O–H groups in total. The largest absolute Gasteiger partial charge is 0.481 e. The van der Waals surface area contributed by atoms with E-state index in [0.717, 1.165) is 21.7 Å². The number of β-amino-alcohol motifs (C(OH)–C–C–N with tert-alkyl or cyclic N) is 1. The molecule has 1 saturated heterocycles. The molecule has 1 aliphatic heterocycles. The molecule has 2 heterocycles. The number of rotatable bonds is 10. The maximum absolute atomic E-state index is 13.6. The van der Waals surface area contributed by atoms with Crippen LogP contribution in [0.2, 0.25) is 0 Å². The molecule has 0 spiro atoms. The molecule has 0 aliphatic carbocycles. The minimum absolute atomic E-state index is 0.0201. The van der Waals surface area contributed by atoms with Crippen LogP contribution in [-0.2, 0) is 19.2 Å². The number of aryl methyl sites for hydroxylation is 1. The van der Waals surface area contributed by atoms with Crippen molar-refractivity contribution in [1.82, 2.24) is 9.88 Å². The highest BCUT2D eigenvalue weighted by Crippen LogP contribution is 2.35. The Balaban J connectivity index is 1.72. The molecule has 1 fully saturated rings. The lowest BCUT2D eigenvalue weighted by Gasteiger charge is -2.35. The molecule has 1 unspecified atom stereocenters. The molecule has 9 heteroatoms. The number of amides is 1. The second-order valence-electron chi connectivity index (χ2n) is 11.1. The first-order chi connectivity index (χ1) is 17.3. The van der Waals surface area contributed by atoms with E-state index in [1.165, 1.54) is 4.90 Å².